The van der Waals surface area contributed by atoms with E-state index in [9.17, 15) is 21.6 Å². The molecule has 1 amide bonds. The molecule has 0 atom stereocenters. The van der Waals surface area contributed by atoms with Crippen molar-refractivity contribution in [1.29, 1.82) is 0 Å². The highest BCUT2D eigenvalue weighted by Gasteiger charge is 2.27. The number of carbonyl (C=O) groups is 1. The number of halogens is 1. The fraction of sp³-hybridized carbons (Fsp3) is 0.107. The number of benzene rings is 4. The average molecular weight is 645 g/mol. The Kier molecular flexibility index (Phi) is 8.82. The molecule has 0 bridgehead atoms. The van der Waals surface area contributed by atoms with Crippen LogP contribution in [0, 0.1) is 6.92 Å². The van der Waals surface area contributed by atoms with Crippen molar-refractivity contribution < 1.29 is 26.4 Å². The second-order valence-electron chi connectivity index (χ2n) is 8.71. The Balaban J connectivity index is 1.51. The minimum absolute atomic E-state index is 0.0148. The first-order chi connectivity index (χ1) is 19.0. The number of anilines is 3. The number of amides is 1. The lowest BCUT2D eigenvalue weighted by molar-refractivity contribution is -0.114. The van der Waals surface area contributed by atoms with Crippen LogP contribution in [0.4, 0.5) is 17.1 Å². The number of aryl methyl sites for hydroxylation is 1. The molecule has 0 spiro atoms. The van der Waals surface area contributed by atoms with Crippen molar-refractivity contribution in [1.82, 2.24) is 0 Å². The fourth-order valence-electron chi connectivity index (χ4n) is 3.71. The monoisotopic (exact) mass is 643 g/mol. The van der Waals surface area contributed by atoms with Gasteiger partial charge in [-0.3, -0.25) is 13.8 Å². The van der Waals surface area contributed by atoms with E-state index in [1.54, 1.807) is 60.7 Å². The molecule has 208 valence electrons. The van der Waals surface area contributed by atoms with E-state index in [2.05, 4.69) is 26.0 Å². The number of sulfonamides is 2. The number of carbonyl (C=O) groups excluding carboxylic acids is 1. The number of hydrogen-bond acceptors (Lipinski definition) is 6. The summed E-state index contributed by atoms with van der Waals surface area (Å²) in [5.74, 6) is -0.0178. The molecule has 0 saturated carbocycles. The smallest absolute Gasteiger partial charge is 0.264 e. The summed E-state index contributed by atoms with van der Waals surface area (Å²) in [5, 5.41) is 2.64. The van der Waals surface area contributed by atoms with Crippen LogP contribution in [0.3, 0.4) is 0 Å². The summed E-state index contributed by atoms with van der Waals surface area (Å²) < 4.78 is 61.9. The zero-order chi connectivity index (χ0) is 28.9. The summed E-state index contributed by atoms with van der Waals surface area (Å²) >= 11 is 3.35. The van der Waals surface area contributed by atoms with Gasteiger partial charge in [0.15, 0.2) is 0 Å². The number of hydrogen-bond donors (Lipinski definition) is 2. The third-order valence-electron chi connectivity index (χ3n) is 5.78. The molecule has 0 aliphatic rings. The zero-order valence-electron chi connectivity index (χ0n) is 21.5. The van der Waals surface area contributed by atoms with Crippen LogP contribution in [0.2, 0.25) is 0 Å². The van der Waals surface area contributed by atoms with E-state index >= 15 is 0 Å². The Labute approximate surface area is 242 Å². The van der Waals surface area contributed by atoms with Gasteiger partial charge in [-0.05, 0) is 85.8 Å². The topological polar surface area (TPSA) is 122 Å². The van der Waals surface area contributed by atoms with Crippen LogP contribution in [0.5, 0.6) is 5.75 Å². The Hall–Kier alpha value is -3.87. The third kappa shape index (κ3) is 7.00. The van der Waals surface area contributed by atoms with Crippen LogP contribution in [0.1, 0.15) is 5.56 Å². The molecule has 0 radical (unpaired) electrons. The predicted octanol–water partition coefficient (Wildman–Crippen LogP) is 5.40. The Morgan fingerprint density at radius 2 is 1.43 bits per heavy atom. The number of ether oxygens (including phenoxy) is 1. The SMILES string of the molecule is COc1ccc(NS(=O)(=O)c2ccc(NC(=O)CN(c3cccc(Br)c3)S(=O)(=O)c3ccc(C)cc3)cc2)cc1. The molecule has 4 rings (SSSR count). The summed E-state index contributed by atoms with van der Waals surface area (Å²) in [6.07, 6.45) is 0. The van der Waals surface area contributed by atoms with Crippen LogP contribution >= 0.6 is 15.9 Å². The molecule has 4 aromatic rings. The molecule has 0 heterocycles. The molecule has 4 aromatic carbocycles. The highest BCUT2D eigenvalue weighted by atomic mass is 79.9. The molecule has 0 unspecified atom stereocenters. The summed E-state index contributed by atoms with van der Waals surface area (Å²) in [6.45, 7) is 1.34. The van der Waals surface area contributed by atoms with E-state index in [4.69, 9.17) is 4.74 Å². The summed E-state index contributed by atoms with van der Waals surface area (Å²) in [4.78, 5) is 13.1. The summed E-state index contributed by atoms with van der Waals surface area (Å²) in [7, 11) is -6.45. The highest BCUT2D eigenvalue weighted by Crippen LogP contribution is 2.27. The molecular formula is C28H26BrN3O6S2. The van der Waals surface area contributed by atoms with Gasteiger partial charge >= 0.3 is 0 Å². The van der Waals surface area contributed by atoms with Crippen LogP contribution in [-0.2, 0) is 24.8 Å². The molecule has 0 aliphatic carbocycles. The van der Waals surface area contributed by atoms with Crippen molar-refractivity contribution in [2.45, 2.75) is 16.7 Å². The van der Waals surface area contributed by atoms with E-state index in [1.807, 2.05) is 6.92 Å². The van der Waals surface area contributed by atoms with E-state index < -0.39 is 32.5 Å². The maximum Gasteiger partial charge on any atom is 0.264 e. The number of rotatable bonds is 10. The van der Waals surface area contributed by atoms with Crippen LogP contribution in [-0.4, -0.2) is 36.4 Å². The van der Waals surface area contributed by atoms with Gasteiger partial charge in [-0.25, -0.2) is 16.8 Å². The van der Waals surface area contributed by atoms with Gasteiger partial charge in [0.05, 0.1) is 22.6 Å². The van der Waals surface area contributed by atoms with Gasteiger partial charge in [-0.2, -0.15) is 0 Å². The average Bonchev–Trinajstić information content (AvgIpc) is 2.92. The lowest BCUT2D eigenvalue weighted by Crippen LogP contribution is -2.38. The van der Waals surface area contributed by atoms with Crippen LogP contribution in [0.15, 0.2) is 111 Å². The molecule has 0 saturated heterocycles. The first-order valence-corrected chi connectivity index (χ1v) is 15.6. The van der Waals surface area contributed by atoms with Gasteiger partial charge in [0.2, 0.25) is 5.91 Å². The minimum Gasteiger partial charge on any atom is -0.497 e. The fourth-order valence-corrected chi connectivity index (χ4v) is 6.56. The third-order valence-corrected chi connectivity index (χ3v) is 9.46. The molecule has 0 fully saturated rings. The van der Waals surface area contributed by atoms with Gasteiger partial charge in [-0.15, -0.1) is 0 Å². The first kappa shape index (κ1) is 29.1. The van der Waals surface area contributed by atoms with Crippen molar-refractivity contribution in [2.24, 2.45) is 0 Å². The summed E-state index contributed by atoms with van der Waals surface area (Å²) in [6, 6.07) is 24.9. The van der Waals surface area contributed by atoms with Gasteiger partial charge in [0.25, 0.3) is 20.0 Å². The maximum atomic E-state index is 13.5. The first-order valence-electron chi connectivity index (χ1n) is 11.9. The van der Waals surface area contributed by atoms with Gasteiger partial charge in [0, 0.05) is 15.8 Å². The molecule has 9 nitrogen and oxygen atoms in total. The lowest BCUT2D eigenvalue weighted by Gasteiger charge is -2.24. The standard InChI is InChI=1S/C28H26BrN3O6S2/c1-20-6-14-27(15-7-20)40(36,37)32(24-5-3-4-21(29)18-24)19-28(33)30-22-10-16-26(17-11-22)39(34,35)31-23-8-12-25(38-2)13-9-23/h3-18,31H,19H2,1-2H3,(H,30,33). The highest BCUT2D eigenvalue weighted by molar-refractivity contribution is 9.10. The zero-order valence-corrected chi connectivity index (χ0v) is 24.8. The van der Waals surface area contributed by atoms with E-state index in [0.29, 0.717) is 27.3 Å². The Morgan fingerprint density at radius 1 is 0.825 bits per heavy atom. The van der Waals surface area contributed by atoms with E-state index in [0.717, 1.165) is 9.87 Å². The molecule has 40 heavy (non-hydrogen) atoms. The van der Waals surface area contributed by atoms with Crippen molar-refractivity contribution in [3.63, 3.8) is 0 Å². The molecular weight excluding hydrogens is 618 g/mol. The number of nitrogens with zero attached hydrogens (tertiary/aromatic N) is 1. The molecule has 0 aliphatic heterocycles. The second-order valence-corrected chi connectivity index (χ2v) is 13.2. The van der Waals surface area contributed by atoms with Gasteiger partial charge < -0.3 is 10.1 Å². The Morgan fingerprint density at radius 3 is 2.02 bits per heavy atom. The number of nitrogens with one attached hydrogen (secondary N) is 2. The quantitative estimate of drug-likeness (QED) is 0.239. The molecule has 12 heteroatoms. The van der Waals surface area contributed by atoms with Gasteiger partial charge in [-0.1, -0.05) is 39.7 Å². The number of methoxy groups -OCH3 is 1. The van der Waals surface area contributed by atoms with E-state index in [-0.39, 0.29) is 9.79 Å². The summed E-state index contributed by atoms with van der Waals surface area (Å²) in [5.41, 5.74) is 1.86. The largest absolute Gasteiger partial charge is 0.497 e. The van der Waals surface area contributed by atoms with Crippen molar-refractivity contribution in [3.8, 4) is 5.75 Å². The lowest BCUT2D eigenvalue weighted by atomic mass is 10.2. The van der Waals surface area contributed by atoms with Crippen molar-refractivity contribution in [3.05, 3.63) is 107 Å². The van der Waals surface area contributed by atoms with Crippen LogP contribution < -0.4 is 19.1 Å². The Bertz CT molecular complexity index is 1710. The maximum absolute atomic E-state index is 13.5. The van der Waals surface area contributed by atoms with Crippen molar-refractivity contribution in [2.75, 3.05) is 28.0 Å². The normalized spacial score (nSPS) is 11.5. The van der Waals surface area contributed by atoms with Gasteiger partial charge in [0.1, 0.15) is 12.3 Å². The minimum atomic E-state index is -4.08. The van der Waals surface area contributed by atoms with E-state index in [1.165, 1.54) is 43.5 Å². The second kappa shape index (κ2) is 12.1. The van der Waals surface area contributed by atoms with Crippen LogP contribution in [0.25, 0.3) is 0 Å². The molecule has 0 aromatic heterocycles. The van der Waals surface area contributed by atoms with Crippen molar-refractivity contribution >= 4 is 58.9 Å². The molecule has 2 N–H and O–H groups in total. The predicted molar refractivity (Wildman–Crippen MR) is 159 cm³/mol.